The molecule has 5 heteroatoms. The summed E-state index contributed by atoms with van der Waals surface area (Å²) in [5.74, 6) is 1.49. The van der Waals surface area contributed by atoms with Crippen LogP contribution in [-0.2, 0) is 4.74 Å². The third kappa shape index (κ3) is 4.82. The van der Waals surface area contributed by atoms with E-state index in [0.29, 0.717) is 30.1 Å². The molecule has 108 valence electrons. The van der Waals surface area contributed by atoms with Gasteiger partial charge in [0.05, 0.1) is 6.61 Å². The number of nitrogens with zero attached hydrogens (tertiary/aromatic N) is 1. The number of hydrogen-bond donors (Lipinski definition) is 1. The van der Waals surface area contributed by atoms with E-state index in [2.05, 4.69) is 38.0 Å². The van der Waals surface area contributed by atoms with Gasteiger partial charge in [0.15, 0.2) is 10.8 Å². The highest BCUT2D eigenvalue weighted by Crippen LogP contribution is 2.22. The van der Waals surface area contributed by atoms with E-state index in [0.717, 1.165) is 11.7 Å². The van der Waals surface area contributed by atoms with E-state index < -0.39 is 0 Å². The summed E-state index contributed by atoms with van der Waals surface area (Å²) in [5, 5.41) is 5.85. The Bertz CT molecular complexity index is 394. The standard InChI is InChI=1S/C14H24N2O2S/c1-6-18-13(17)12-8-19-14(16-12)15-7-11(9(2)3)10(4)5/h8-11H,6-7H2,1-5H3,(H,15,16). The lowest BCUT2D eigenvalue weighted by molar-refractivity contribution is 0.0520. The molecule has 0 aliphatic heterocycles. The van der Waals surface area contributed by atoms with Crippen molar-refractivity contribution in [3.05, 3.63) is 11.1 Å². The first-order chi connectivity index (χ1) is 8.95. The van der Waals surface area contributed by atoms with Crippen LogP contribution in [-0.4, -0.2) is 24.1 Å². The van der Waals surface area contributed by atoms with Crippen molar-refractivity contribution in [2.24, 2.45) is 17.8 Å². The second-order valence-corrected chi connectivity index (χ2v) is 6.15. The topological polar surface area (TPSA) is 51.2 Å². The SMILES string of the molecule is CCOC(=O)c1csc(NCC(C(C)C)C(C)C)n1. The Morgan fingerprint density at radius 2 is 2.00 bits per heavy atom. The van der Waals surface area contributed by atoms with Crippen molar-refractivity contribution in [3.63, 3.8) is 0 Å². The van der Waals surface area contributed by atoms with Gasteiger partial charge < -0.3 is 10.1 Å². The molecule has 0 radical (unpaired) electrons. The van der Waals surface area contributed by atoms with E-state index in [4.69, 9.17) is 4.74 Å². The van der Waals surface area contributed by atoms with Gasteiger partial charge in [0.2, 0.25) is 0 Å². The van der Waals surface area contributed by atoms with Crippen LogP contribution in [0.15, 0.2) is 5.38 Å². The highest BCUT2D eigenvalue weighted by molar-refractivity contribution is 7.13. The highest BCUT2D eigenvalue weighted by atomic mass is 32.1. The fourth-order valence-electron chi connectivity index (χ4n) is 2.10. The molecular weight excluding hydrogens is 260 g/mol. The minimum Gasteiger partial charge on any atom is -0.461 e. The van der Waals surface area contributed by atoms with Gasteiger partial charge in [-0.25, -0.2) is 9.78 Å². The Labute approximate surface area is 119 Å². The Balaban J connectivity index is 2.56. The lowest BCUT2D eigenvalue weighted by Gasteiger charge is -2.24. The third-order valence-electron chi connectivity index (χ3n) is 3.19. The fraction of sp³-hybridized carbons (Fsp3) is 0.714. The van der Waals surface area contributed by atoms with E-state index in [1.807, 2.05) is 0 Å². The third-order valence-corrected chi connectivity index (χ3v) is 3.99. The first kappa shape index (κ1) is 16.0. The maximum absolute atomic E-state index is 11.5. The van der Waals surface area contributed by atoms with Gasteiger partial charge in [-0.15, -0.1) is 11.3 Å². The van der Waals surface area contributed by atoms with Crippen LogP contribution < -0.4 is 5.32 Å². The van der Waals surface area contributed by atoms with E-state index >= 15 is 0 Å². The van der Waals surface area contributed by atoms with Gasteiger partial charge in [-0.3, -0.25) is 0 Å². The minimum absolute atomic E-state index is 0.351. The minimum atomic E-state index is -0.351. The van der Waals surface area contributed by atoms with Crippen LogP contribution in [0.2, 0.25) is 0 Å². The summed E-state index contributed by atoms with van der Waals surface area (Å²) >= 11 is 1.45. The molecule has 19 heavy (non-hydrogen) atoms. The van der Waals surface area contributed by atoms with Gasteiger partial charge in [-0.2, -0.15) is 0 Å². The van der Waals surface area contributed by atoms with E-state index in [9.17, 15) is 4.79 Å². The highest BCUT2D eigenvalue weighted by Gasteiger charge is 2.18. The molecule has 4 nitrogen and oxygen atoms in total. The van der Waals surface area contributed by atoms with Crippen molar-refractivity contribution in [2.75, 3.05) is 18.5 Å². The Hall–Kier alpha value is -1.10. The van der Waals surface area contributed by atoms with E-state index in [1.165, 1.54) is 11.3 Å². The lowest BCUT2D eigenvalue weighted by Crippen LogP contribution is -2.24. The van der Waals surface area contributed by atoms with Gasteiger partial charge in [0, 0.05) is 11.9 Å². The van der Waals surface area contributed by atoms with Gasteiger partial charge in [-0.1, -0.05) is 27.7 Å². The molecule has 0 bridgehead atoms. The zero-order valence-electron chi connectivity index (χ0n) is 12.4. The summed E-state index contributed by atoms with van der Waals surface area (Å²) in [6.07, 6.45) is 0. The number of anilines is 1. The van der Waals surface area contributed by atoms with Crippen molar-refractivity contribution >= 4 is 22.4 Å². The largest absolute Gasteiger partial charge is 0.461 e. The number of hydrogen-bond acceptors (Lipinski definition) is 5. The van der Waals surface area contributed by atoms with Crippen molar-refractivity contribution in [1.29, 1.82) is 0 Å². The molecule has 1 aromatic heterocycles. The van der Waals surface area contributed by atoms with Crippen molar-refractivity contribution in [3.8, 4) is 0 Å². The van der Waals surface area contributed by atoms with E-state index in [-0.39, 0.29) is 5.97 Å². The molecule has 0 atom stereocenters. The Morgan fingerprint density at radius 1 is 1.37 bits per heavy atom. The van der Waals surface area contributed by atoms with Crippen LogP contribution in [0.5, 0.6) is 0 Å². The van der Waals surface area contributed by atoms with Crippen LogP contribution >= 0.6 is 11.3 Å². The molecule has 0 aromatic carbocycles. The summed E-state index contributed by atoms with van der Waals surface area (Å²) in [7, 11) is 0. The van der Waals surface area contributed by atoms with Gasteiger partial charge in [0.1, 0.15) is 0 Å². The molecule has 0 amide bonds. The molecule has 0 saturated carbocycles. The molecule has 1 aromatic rings. The zero-order valence-corrected chi connectivity index (χ0v) is 13.2. The first-order valence-electron chi connectivity index (χ1n) is 6.82. The van der Waals surface area contributed by atoms with E-state index in [1.54, 1.807) is 12.3 Å². The molecule has 0 aliphatic rings. The molecule has 1 rings (SSSR count). The van der Waals surface area contributed by atoms with Gasteiger partial charge >= 0.3 is 5.97 Å². The maximum atomic E-state index is 11.5. The number of ether oxygens (including phenoxy) is 1. The monoisotopic (exact) mass is 284 g/mol. The van der Waals surface area contributed by atoms with Crippen LogP contribution in [0.1, 0.15) is 45.1 Å². The van der Waals surface area contributed by atoms with Gasteiger partial charge in [0.25, 0.3) is 0 Å². The number of esters is 1. The molecule has 0 fully saturated rings. The quantitative estimate of drug-likeness (QED) is 0.776. The molecule has 0 aliphatic carbocycles. The molecule has 1 N–H and O–H groups in total. The Kier molecular flexibility index (Phi) is 6.28. The molecule has 0 spiro atoms. The smallest absolute Gasteiger partial charge is 0.357 e. The van der Waals surface area contributed by atoms with Crippen molar-refractivity contribution in [2.45, 2.75) is 34.6 Å². The van der Waals surface area contributed by atoms with Crippen LogP contribution in [0.4, 0.5) is 5.13 Å². The number of thiazole rings is 1. The summed E-state index contributed by atoms with van der Waals surface area (Å²) < 4.78 is 4.92. The number of rotatable bonds is 7. The number of carbonyl (C=O) groups is 1. The average Bonchev–Trinajstić information content (AvgIpc) is 2.77. The maximum Gasteiger partial charge on any atom is 0.357 e. The normalized spacial score (nSPS) is 11.4. The second-order valence-electron chi connectivity index (χ2n) is 5.29. The Morgan fingerprint density at radius 3 is 2.53 bits per heavy atom. The molecule has 0 unspecified atom stereocenters. The van der Waals surface area contributed by atoms with Crippen LogP contribution in [0.3, 0.4) is 0 Å². The van der Waals surface area contributed by atoms with Crippen LogP contribution in [0.25, 0.3) is 0 Å². The van der Waals surface area contributed by atoms with Crippen LogP contribution in [0, 0.1) is 17.8 Å². The van der Waals surface area contributed by atoms with Crippen molar-refractivity contribution < 1.29 is 9.53 Å². The summed E-state index contributed by atoms with van der Waals surface area (Å²) in [6.45, 7) is 12.0. The summed E-state index contributed by atoms with van der Waals surface area (Å²) in [4.78, 5) is 15.8. The zero-order chi connectivity index (χ0) is 14.4. The first-order valence-corrected chi connectivity index (χ1v) is 7.70. The predicted octanol–water partition coefficient (Wildman–Crippen LogP) is 3.66. The number of aromatic nitrogens is 1. The predicted molar refractivity (Wildman–Crippen MR) is 79.7 cm³/mol. The molecule has 1 heterocycles. The number of carbonyl (C=O) groups excluding carboxylic acids is 1. The summed E-state index contributed by atoms with van der Waals surface area (Å²) in [5.41, 5.74) is 0.389. The second kappa shape index (κ2) is 7.48. The molecule has 0 saturated heterocycles. The fourth-order valence-corrected chi connectivity index (χ4v) is 2.79. The van der Waals surface area contributed by atoms with Crippen molar-refractivity contribution in [1.82, 2.24) is 4.98 Å². The lowest BCUT2D eigenvalue weighted by atomic mass is 9.86. The molecular formula is C14H24N2O2S. The average molecular weight is 284 g/mol. The number of nitrogens with one attached hydrogen (secondary N) is 1. The van der Waals surface area contributed by atoms with Gasteiger partial charge in [-0.05, 0) is 24.7 Å². The summed E-state index contributed by atoms with van der Waals surface area (Å²) in [6, 6.07) is 0.